The smallest absolute Gasteiger partial charge is 0.151 e. The number of likely N-dealkylation sites (tertiary alicyclic amines) is 1. The molecule has 2 aliphatic rings. The Labute approximate surface area is 174 Å². The van der Waals surface area contributed by atoms with Gasteiger partial charge in [-0.25, -0.2) is 0 Å². The summed E-state index contributed by atoms with van der Waals surface area (Å²) in [4.78, 5) is 7.20. The highest BCUT2D eigenvalue weighted by molar-refractivity contribution is 5.60. The van der Waals surface area contributed by atoms with Crippen molar-refractivity contribution in [2.24, 2.45) is 11.8 Å². The summed E-state index contributed by atoms with van der Waals surface area (Å²) in [5.41, 5.74) is 1.97. The highest BCUT2D eigenvalue weighted by Crippen LogP contribution is 2.32. The summed E-state index contributed by atoms with van der Waals surface area (Å²) in [6.07, 6.45) is 0. The standard InChI is InChI=1S/C23H33N5O/c1-4-27(5-2)12-13-29-21-8-6-18(7-9-21)22-10-11-23(25-24-22)28-16-19-14-26(3)15-20(19)17-28/h6-11,19-20H,4-5,12-17H2,1-3H3. The van der Waals surface area contributed by atoms with E-state index in [-0.39, 0.29) is 0 Å². The van der Waals surface area contributed by atoms with Crippen molar-refractivity contribution in [3.05, 3.63) is 36.4 Å². The van der Waals surface area contributed by atoms with Crippen LogP contribution in [0.25, 0.3) is 11.3 Å². The number of hydrogen-bond acceptors (Lipinski definition) is 6. The topological polar surface area (TPSA) is 44.7 Å². The Hall–Kier alpha value is -2.18. The maximum atomic E-state index is 5.87. The first-order valence-electron chi connectivity index (χ1n) is 10.9. The highest BCUT2D eigenvalue weighted by Gasteiger charge is 2.39. The van der Waals surface area contributed by atoms with E-state index in [1.165, 1.54) is 13.1 Å². The van der Waals surface area contributed by atoms with Crippen molar-refractivity contribution in [3.63, 3.8) is 0 Å². The van der Waals surface area contributed by atoms with Gasteiger partial charge in [0, 0.05) is 38.3 Å². The van der Waals surface area contributed by atoms with E-state index < -0.39 is 0 Å². The molecule has 0 radical (unpaired) electrons. The zero-order chi connectivity index (χ0) is 20.2. The van der Waals surface area contributed by atoms with Gasteiger partial charge in [-0.1, -0.05) is 13.8 Å². The fraction of sp³-hybridized carbons (Fsp3) is 0.565. The molecule has 2 aliphatic heterocycles. The molecule has 0 bridgehead atoms. The molecule has 2 aromatic rings. The largest absolute Gasteiger partial charge is 0.492 e. The van der Waals surface area contributed by atoms with Crippen LogP contribution in [-0.2, 0) is 0 Å². The molecule has 2 unspecified atom stereocenters. The Balaban J connectivity index is 1.32. The molecule has 0 spiro atoms. The van der Waals surface area contributed by atoms with E-state index >= 15 is 0 Å². The SMILES string of the molecule is CCN(CC)CCOc1ccc(-c2ccc(N3CC4CN(C)CC4C3)nn2)cc1. The van der Waals surface area contributed by atoms with Crippen LogP contribution in [-0.4, -0.2) is 79.5 Å². The molecule has 0 aliphatic carbocycles. The van der Waals surface area contributed by atoms with Gasteiger partial charge in [-0.3, -0.25) is 0 Å². The molecule has 156 valence electrons. The molecule has 0 amide bonds. The molecule has 0 N–H and O–H groups in total. The third-order valence-corrected chi connectivity index (χ3v) is 6.36. The van der Waals surface area contributed by atoms with Gasteiger partial charge in [0.1, 0.15) is 12.4 Å². The van der Waals surface area contributed by atoms with Crippen molar-refractivity contribution < 1.29 is 4.74 Å². The van der Waals surface area contributed by atoms with Crippen LogP contribution in [0.4, 0.5) is 5.82 Å². The Kier molecular flexibility index (Phi) is 6.31. The van der Waals surface area contributed by atoms with E-state index in [2.05, 4.69) is 70.1 Å². The van der Waals surface area contributed by atoms with E-state index in [1.807, 2.05) is 12.1 Å². The van der Waals surface area contributed by atoms with Gasteiger partial charge in [-0.15, -0.1) is 10.2 Å². The van der Waals surface area contributed by atoms with Crippen LogP contribution in [0.1, 0.15) is 13.8 Å². The maximum absolute atomic E-state index is 5.87. The van der Waals surface area contributed by atoms with Crippen LogP contribution >= 0.6 is 0 Å². The monoisotopic (exact) mass is 395 g/mol. The first-order chi connectivity index (χ1) is 14.2. The number of hydrogen-bond donors (Lipinski definition) is 0. The molecule has 6 nitrogen and oxygen atoms in total. The molecule has 2 saturated heterocycles. The third kappa shape index (κ3) is 4.70. The first-order valence-corrected chi connectivity index (χ1v) is 10.9. The molecule has 1 aromatic heterocycles. The van der Waals surface area contributed by atoms with Gasteiger partial charge in [0.25, 0.3) is 0 Å². The van der Waals surface area contributed by atoms with Crippen LogP contribution < -0.4 is 9.64 Å². The fourth-order valence-electron chi connectivity index (χ4n) is 4.62. The Morgan fingerprint density at radius 1 is 0.931 bits per heavy atom. The van der Waals surface area contributed by atoms with Gasteiger partial charge in [-0.05, 0) is 68.4 Å². The van der Waals surface area contributed by atoms with Crippen LogP contribution in [0.5, 0.6) is 5.75 Å². The number of fused-ring (bicyclic) bond motifs is 1. The lowest BCUT2D eigenvalue weighted by atomic mass is 10.0. The summed E-state index contributed by atoms with van der Waals surface area (Å²) in [5.74, 6) is 3.45. The van der Waals surface area contributed by atoms with Crippen molar-refractivity contribution in [1.82, 2.24) is 20.0 Å². The van der Waals surface area contributed by atoms with Crippen LogP contribution in [0.2, 0.25) is 0 Å². The summed E-state index contributed by atoms with van der Waals surface area (Å²) >= 11 is 0. The van der Waals surface area contributed by atoms with Crippen molar-refractivity contribution in [1.29, 1.82) is 0 Å². The number of benzene rings is 1. The number of rotatable bonds is 8. The van der Waals surface area contributed by atoms with Crippen LogP contribution in [0, 0.1) is 11.8 Å². The van der Waals surface area contributed by atoms with Gasteiger partial charge in [-0.2, -0.15) is 0 Å². The Bertz CT molecular complexity index is 761. The fourth-order valence-corrected chi connectivity index (χ4v) is 4.62. The summed E-state index contributed by atoms with van der Waals surface area (Å²) < 4.78 is 5.87. The average molecular weight is 396 g/mol. The highest BCUT2D eigenvalue weighted by atomic mass is 16.5. The van der Waals surface area contributed by atoms with E-state index in [4.69, 9.17) is 4.74 Å². The summed E-state index contributed by atoms with van der Waals surface area (Å²) in [6.45, 7) is 12.8. The minimum atomic E-state index is 0.711. The lowest BCUT2D eigenvalue weighted by Gasteiger charge is -2.19. The summed E-state index contributed by atoms with van der Waals surface area (Å²) in [7, 11) is 2.22. The van der Waals surface area contributed by atoms with Gasteiger partial charge < -0.3 is 19.4 Å². The lowest BCUT2D eigenvalue weighted by molar-refractivity contribution is 0.223. The number of nitrogens with zero attached hydrogens (tertiary/aromatic N) is 5. The quantitative estimate of drug-likeness (QED) is 0.685. The van der Waals surface area contributed by atoms with Crippen LogP contribution in [0.15, 0.2) is 36.4 Å². The molecule has 29 heavy (non-hydrogen) atoms. The van der Waals surface area contributed by atoms with Crippen molar-refractivity contribution >= 4 is 5.82 Å². The average Bonchev–Trinajstić information content (AvgIpc) is 3.29. The van der Waals surface area contributed by atoms with E-state index in [9.17, 15) is 0 Å². The minimum Gasteiger partial charge on any atom is -0.492 e. The molecule has 0 saturated carbocycles. The van der Waals surface area contributed by atoms with Crippen molar-refractivity contribution in [2.75, 3.05) is 64.4 Å². The molecule has 4 rings (SSSR count). The molecule has 3 heterocycles. The zero-order valence-corrected chi connectivity index (χ0v) is 17.9. The summed E-state index contributed by atoms with van der Waals surface area (Å²) in [6, 6.07) is 12.4. The number of aromatic nitrogens is 2. The normalized spacial score (nSPS) is 21.7. The second kappa shape index (κ2) is 9.09. The van der Waals surface area contributed by atoms with Gasteiger partial charge in [0.15, 0.2) is 5.82 Å². The van der Waals surface area contributed by atoms with Crippen molar-refractivity contribution in [2.45, 2.75) is 13.8 Å². The number of likely N-dealkylation sites (N-methyl/N-ethyl adjacent to an activating group) is 1. The number of ether oxygens (including phenoxy) is 1. The predicted octanol–water partition coefficient (Wildman–Crippen LogP) is 2.86. The molecular weight excluding hydrogens is 362 g/mol. The molecular formula is C23H33N5O. The first kappa shape index (κ1) is 20.1. The van der Waals surface area contributed by atoms with E-state index in [0.717, 1.165) is 67.4 Å². The van der Waals surface area contributed by atoms with E-state index in [1.54, 1.807) is 0 Å². The van der Waals surface area contributed by atoms with Gasteiger partial charge in [0.2, 0.25) is 0 Å². The third-order valence-electron chi connectivity index (χ3n) is 6.36. The molecule has 2 fully saturated rings. The second-order valence-corrected chi connectivity index (χ2v) is 8.32. The van der Waals surface area contributed by atoms with E-state index in [0.29, 0.717) is 6.61 Å². The molecule has 6 heteroatoms. The lowest BCUT2D eigenvalue weighted by Crippen LogP contribution is -2.27. The minimum absolute atomic E-state index is 0.711. The zero-order valence-electron chi connectivity index (χ0n) is 17.9. The van der Waals surface area contributed by atoms with Crippen molar-refractivity contribution in [3.8, 4) is 17.0 Å². The Morgan fingerprint density at radius 3 is 2.21 bits per heavy atom. The molecule has 2 atom stereocenters. The van der Waals surface area contributed by atoms with Gasteiger partial charge in [0.05, 0.1) is 5.69 Å². The molecule has 1 aromatic carbocycles. The Morgan fingerprint density at radius 2 is 1.62 bits per heavy atom. The predicted molar refractivity (Wildman–Crippen MR) is 117 cm³/mol. The second-order valence-electron chi connectivity index (χ2n) is 8.32. The number of anilines is 1. The van der Waals surface area contributed by atoms with Crippen LogP contribution in [0.3, 0.4) is 0 Å². The summed E-state index contributed by atoms with van der Waals surface area (Å²) in [5, 5.41) is 9.01. The van der Waals surface area contributed by atoms with Gasteiger partial charge >= 0.3 is 0 Å². The maximum Gasteiger partial charge on any atom is 0.151 e.